The fraction of sp³-hybridized carbons (Fsp3) is 0.538. The first-order valence-corrected chi connectivity index (χ1v) is 5.81. The first kappa shape index (κ1) is 11.5. The number of fused-ring (bicyclic) bond motifs is 1. The summed E-state index contributed by atoms with van der Waals surface area (Å²) in [5.74, 6) is 0.508. The monoisotopic (exact) mass is 225 g/mol. The molecule has 0 aliphatic heterocycles. The highest BCUT2D eigenvalue weighted by molar-refractivity contribution is 5.29. The SMILES string of the molecule is FC(F)CNCC1CCc2ccccc2C1. The van der Waals surface area contributed by atoms with E-state index in [-0.39, 0.29) is 6.54 Å². The highest BCUT2D eigenvalue weighted by Crippen LogP contribution is 2.24. The number of halogens is 2. The van der Waals surface area contributed by atoms with Crippen LogP contribution in [0.3, 0.4) is 0 Å². The molecule has 1 atom stereocenters. The maximum absolute atomic E-state index is 12.0. The van der Waals surface area contributed by atoms with Crippen molar-refractivity contribution in [3.8, 4) is 0 Å². The Labute approximate surface area is 94.9 Å². The summed E-state index contributed by atoms with van der Waals surface area (Å²) in [7, 11) is 0. The average Bonchev–Trinajstić information content (AvgIpc) is 2.28. The minimum absolute atomic E-state index is 0.182. The van der Waals surface area contributed by atoms with Crippen molar-refractivity contribution < 1.29 is 8.78 Å². The second-order valence-corrected chi connectivity index (χ2v) is 4.43. The highest BCUT2D eigenvalue weighted by atomic mass is 19.3. The van der Waals surface area contributed by atoms with Crippen LogP contribution in [0.25, 0.3) is 0 Å². The molecule has 0 fully saturated rings. The largest absolute Gasteiger partial charge is 0.311 e. The van der Waals surface area contributed by atoms with Crippen LogP contribution >= 0.6 is 0 Å². The molecule has 0 saturated heterocycles. The van der Waals surface area contributed by atoms with Crippen LogP contribution in [-0.4, -0.2) is 19.5 Å². The van der Waals surface area contributed by atoms with Gasteiger partial charge in [-0.25, -0.2) is 8.78 Å². The van der Waals surface area contributed by atoms with E-state index in [1.54, 1.807) is 0 Å². The molecule has 1 aromatic rings. The van der Waals surface area contributed by atoms with E-state index in [0.29, 0.717) is 12.5 Å². The molecular weight excluding hydrogens is 208 g/mol. The predicted molar refractivity (Wildman–Crippen MR) is 60.8 cm³/mol. The third-order valence-electron chi connectivity index (χ3n) is 3.18. The Bertz CT molecular complexity index is 338. The highest BCUT2D eigenvalue weighted by Gasteiger charge is 2.17. The molecule has 0 saturated carbocycles. The summed E-state index contributed by atoms with van der Waals surface area (Å²) in [5.41, 5.74) is 2.81. The van der Waals surface area contributed by atoms with Gasteiger partial charge in [-0.15, -0.1) is 0 Å². The van der Waals surface area contributed by atoms with E-state index in [4.69, 9.17) is 0 Å². The molecule has 0 aromatic heterocycles. The number of benzene rings is 1. The van der Waals surface area contributed by atoms with Crippen LogP contribution in [0.1, 0.15) is 17.5 Å². The smallest absolute Gasteiger partial charge is 0.250 e. The topological polar surface area (TPSA) is 12.0 Å². The summed E-state index contributed by atoms with van der Waals surface area (Å²) in [6.45, 7) is 0.525. The Morgan fingerprint density at radius 3 is 2.75 bits per heavy atom. The van der Waals surface area contributed by atoms with Crippen molar-refractivity contribution in [2.75, 3.05) is 13.1 Å². The zero-order valence-electron chi connectivity index (χ0n) is 9.26. The van der Waals surface area contributed by atoms with E-state index in [1.807, 2.05) is 6.07 Å². The van der Waals surface area contributed by atoms with Gasteiger partial charge in [-0.05, 0) is 42.9 Å². The van der Waals surface area contributed by atoms with Crippen LogP contribution in [-0.2, 0) is 12.8 Å². The molecule has 0 amide bonds. The molecule has 1 N–H and O–H groups in total. The van der Waals surface area contributed by atoms with E-state index in [0.717, 1.165) is 19.3 Å². The van der Waals surface area contributed by atoms with Crippen molar-refractivity contribution in [2.24, 2.45) is 5.92 Å². The Morgan fingerprint density at radius 1 is 1.25 bits per heavy atom. The van der Waals surface area contributed by atoms with Crippen molar-refractivity contribution in [3.05, 3.63) is 35.4 Å². The molecule has 1 aliphatic carbocycles. The summed E-state index contributed by atoms with van der Waals surface area (Å²) < 4.78 is 23.9. The summed E-state index contributed by atoms with van der Waals surface area (Å²) in [6, 6.07) is 8.43. The van der Waals surface area contributed by atoms with Gasteiger partial charge in [0, 0.05) is 0 Å². The number of nitrogens with one attached hydrogen (secondary N) is 1. The van der Waals surface area contributed by atoms with Crippen molar-refractivity contribution in [1.82, 2.24) is 5.32 Å². The Balaban J connectivity index is 1.83. The van der Waals surface area contributed by atoms with Crippen LogP contribution in [0.2, 0.25) is 0 Å². The van der Waals surface area contributed by atoms with Crippen LogP contribution in [0, 0.1) is 5.92 Å². The maximum Gasteiger partial charge on any atom is 0.250 e. The molecule has 0 heterocycles. The molecule has 1 aliphatic rings. The molecule has 0 spiro atoms. The number of aryl methyl sites for hydroxylation is 1. The lowest BCUT2D eigenvalue weighted by Crippen LogP contribution is -2.30. The van der Waals surface area contributed by atoms with E-state index >= 15 is 0 Å². The van der Waals surface area contributed by atoms with Crippen molar-refractivity contribution >= 4 is 0 Å². The fourth-order valence-corrected chi connectivity index (χ4v) is 2.34. The van der Waals surface area contributed by atoms with E-state index < -0.39 is 6.43 Å². The van der Waals surface area contributed by atoms with Crippen LogP contribution < -0.4 is 5.32 Å². The van der Waals surface area contributed by atoms with Gasteiger partial charge in [-0.1, -0.05) is 24.3 Å². The van der Waals surface area contributed by atoms with Gasteiger partial charge >= 0.3 is 0 Å². The third kappa shape index (κ3) is 3.01. The van der Waals surface area contributed by atoms with Gasteiger partial charge in [0.2, 0.25) is 0 Å². The zero-order chi connectivity index (χ0) is 11.4. The Kier molecular flexibility index (Phi) is 3.88. The molecule has 1 aromatic carbocycles. The molecule has 3 heteroatoms. The van der Waals surface area contributed by atoms with Gasteiger partial charge in [-0.3, -0.25) is 0 Å². The minimum Gasteiger partial charge on any atom is -0.311 e. The molecule has 1 nitrogen and oxygen atoms in total. The molecule has 88 valence electrons. The van der Waals surface area contributed by atoms with Gasteiger partial charge in [0.1, 0.15) is 0 Å². The minimum atomic E-state index is -2.24. The van der Waals surface area contributed by atoms with Crippen molar-refractivity contribution in [3.63, 3.8) is 0 Å². The van der Waals surface area contributed by atoms with Gasteiger partial charge < -0.3 is 5.32 Å². The molecule has 16 heavy (non-hydrogen) atoms. The normalized spacial score (nSPS) is 19.8. The maximum atomic E-state index is 12.0. The van der Waals surface area contributed by atoms with E-state index in [2.05, 4.69) is 23.5 Å². The first-order valence-electron chi connectivity index (χ1n) is 5.81. The van der Waals surface area contributed by atoms with Gasteiger partial charge in [0.05, 0.1) is 6.54 Å². The molecule has 1 unspecified atom stereocenters. The van der Waals surface area contributed by atoms with Crippen LogP contribution in [0.4, 0.5) is 8.78 Å². The number of hydrogen-bond acceptors (Lipinski definition) is 1. The Hall–Kier alpha value is -0.960. The number of rotatable bonds is 4. The molecule has 0 bridgehead atoms. The van der Waals surface area contributed by atoms with E-state index in [1.165, 1.54) is 11.1 Å². The van der Waals surface area contributed by atoms with Crippen LogP contribution in [0.15, 0.2) is 24.3 Å². The summed E-state index contributed by atoms with van der Waals surface area (Å²) in [5, 5.41) is 2.84. The third-order valence-corrected chi connectivity index (χ3v) is 3.18. The number of alkyl halides is 2. The second kappa shape index (κ2) is 5.39. The lowest BCUT2D eigenvalue weighted by Gasteiger charge is -2.24. The standard InChI is InChI=1S/C13H17F2N/c14-13(15)9-16-8-10-5-6-11-3-1-2-4-12(11)7-10/h1-4,10,13,16H,5-9H2. The number of hydrogen-bond donors (Lipinski definition) is 1. The zero-order valence-corrected chi connectivity index (χ0v) is 9.26. The lowest BCUT2D eigenvalue weighted by atomic mass is 9.84. The summed E-state index contributed by atoms with van der Waals surface area (Å²) in [6.07, 6.45) is 0.965. The van der Waals surface area contributed by atoms with Crippen molar-refractivity contribution in [2.45, 2.75) is 25.7 Å². The fourth-order valence-electron chi connectivity index (χ4n) is 2.34. The first-order chi connectivity index (χ1) is 7.75. The van der Waals surface area contributed by atoms with Gasteiger partial charge in [-0.2, -0.15) is 0 Å². The molecule has 0 radical (unpaired) electrons. The molecule has 2 rings (SSSR count). The predicted octanol–water partition coefficient (Wildman–Crippen LogP) is 2.65. The average molecular weight is 225 g/mol. The second-order valence-electron chi connectivity index (χ2n) is 4.43. The lowest BCUT2D eigenvalue weighted by molar-refractivity contribution is 0.143. The summed E-state index contributed by atoms with van der Waals surface area (Å²) >= 11 is 0. The Morgan fingerprint density at radius 2 is 2.00 bits per heavy atom. The summed E-state index contributed by atoms with van der Waals surface area (Å²) in [4.78, 5) is 0. The van der Waals surface area contributed by atoms with Gasteiger partial charge in [0.15, 0.2) is 0 Å². The quantitative estimate of drug-likeness (QED) is 0.830. The van der Waals surface area contributed by atoms with Crippen molar-refractivity contribution in [1.29, 1.82) is 0 Å². The van der Waals surface area contributed by atoms with Gasteiger partial charge in [0.25, 0.3) is 6.43 Å². The van der Waals surface area contributed by atoms with Crippen LogP contribution in [0.5, 0.6) is 0 Å². The molecular formula is C13H17F2N. The van der Waals surface area contributed by atoms with E-state index in [9.17, 15) is 8.78 Å².